The Hall–Kier alpha value is -3.70. The topological polar surface area (TPSA) is 142 Å². The number of H-pyrrole nitrogens is 1. The van der Waals surface area contributed by atoms with E-state index in [1.807, 2.05) is 6.07 Å². The van der Waals surface area contributed by atoms with Crippen LogP contribution in [0.4, 0.5) is 10.5 Å². The third-order valence-corrected chi connectivity index (χ3v) is 4.02. The first-order chi connectivity index (χ1) is 12.9. The molecule has 0 saturated carbocycles. The molecule has 1 aromatic heterocycles. The summed E-state index contributed by atoms with van der Waals surface area (Å²) in [4.78, 5) is 42.5. The lowest BCUT2D eigenvalue weighted by molar-refractivity contribution is 0.0976. The molecule has 2 aromatic carbocycles. The van der Waals surface area contributed by atoms with Gasteiger partial charge in [0.2, 0.25) is 0 Å². The van der Waals surface area contributed by atoms with Crippen molar-refractivity contribution < 1.29 is 9.59 Å². The number of halogens is 1. The number of hydrogen-bond donors (Lipinski definition) is 3. The second kappa shape index (κ2) is 7.27. The molecule has 3 rings (SSSR count). The molecule has 0 bridgehead atoms. The lowest BCUT2D eigenvalue weighted by Gasteiger charge is -2.09. The standard InChI is InChI=1S/C18H12ClN5O3/c19-10-3-6-12-14(7-10)23-16(24-17(12)26)13(8-20)15(25)9-1-4-11(5-2-9)22-18(21)27/h1-7,13H,(H3,21,22,27)(H,23,24,26). The van der Waals surface area contributed by atoms with E-state index in [1.54, 1.807) is 6.07 Å². The number of nitrogens with two attached hydrogens (primary N) is 1. The number of primary amides is 1. The molecule has 4 N–H and O–H groups in total. The van der Waals surface area contributed by atoms with Crippen molar-refractivity contribution in [1.29, 1.82) is 5.26 Å². The Balaban J connectivity index is 1.98. The SMILES string of the molecule is N#CC(C(=O)c1ccc(NC(N)=O)cc1)c1nc2cc(Cl)ccc2c(=O)[nH]1. The Bertz CT molecular complexity index is 1150. The quantitative estimate of drug-likeness (QED) is 0.595. The van der Waals surface area contributed by atoms with Crippen LogP contribution in [0, 0.1) is 11.3 Å². The number of rotatable bonds is 4. The van der Waals surface area contributed by atoms with Crippen LogP contribution in [0.25, 0.3) is 10.9 Å². The van der Waals surface area contributed by atoms with Gasteiger partial charge in [-0.1, -0.05) is 11.6 Å². The minimum absolute atomic E-state index is 0.0680. The number of aromatic amines is 1. The minimum Gasteiger partial charge on any atom is -0.351 e. The molecule has 1 unspecified atom stereocenters. The van der Waals surface area contributed by atoms with E-state index >= 15 is 0 Å². The summed E-state index contributed by atoms with van der Waals surface area (Å²) in [5.74, 6) is -1.93. The summed E-state index contributed by atoms with van der Waals surface area (Å²) in [5.41, 5.74) is 5.46. The van der Waals surface area contributed by atoms with Crippen molar-refractivity contribution in [2.45, 2.75) is 5.92 Å². The van der Waals surface area contributed by atoms with E-state index in [0.717, 1.165) is 0 Å². The third-order valence-electron chi connectivity index (χ3n) is 3.79. The van der Waals surface area contributed by atoms with Crippen LogP contribution < -0.4 is 16.6 Å². The highest BCUT2D eigenvalue weighted by molar-refractivity contribution is 6.31. The fourth-order valence-corrected chi connectivity index (χ4v) is 2.70. The molecule has 27 heavy (non-hydrogen) atoms. The average molecular weight is 382 g/mol. The summed E-state index contributed by atoms with van der Waals surface area (Å²) in [6.07, 6.45) is 0. The summed E-state index contributed by atoms with van der Waals surface area (Å²) in [7, 11) is 0. The zero-order valence-corrected chi connectivity index (χ0v) is 14.4. The summed E-state index contributed by atoms with van der Waals surface area (Å²) in [6.45, 7) is 0. The Morgan fingerprint density at radius 2 is 1.93 bits per heavy atom. The molecule has 0 aliphatic carbocycles. The number of urea groups is 1. The molecule has 0 aliphatic heterocycles. The highest BCUT2D eigenvalue weighted by Gasteiger charge is 2.25. The smallest absolute Gasteiger partial charge is 0.316 e. The van der Waals surface area contributed by atoms with Crippen LogP contribution in [-0.2, 0) is 0 Å². The number of aromatic nitrogens is 2. The Morgan fingerprint density at radius 1 is 1.22 bits per heavy atom. The first-order valence-corrected chi connectivity index (χ1v) is 8.06. The van der Waals surface area contributed by atoms with Gasteiger partial charge in [0.25, 0.3) is 5.56 Å². The van der Waals surface area contributed by atoms with Crippen LogP contribution >= 0.6 is 11.6 Å². The van der Waals surface area contributed by atoms with E-state index in [9.17, 15) is 19.6 Å². The first-order valence-electron chi connectivity index (χ1n) is 7.69. The number of carbonyl (C=O) groups is 2. The summed E-state index contributed by atoms with van der Waals surface area (Å²) < 4.78 is 0. The number of amides is 2. The number of nitrogens with zero attached hydrogens (tertiary/aromatic N) is 2. The van der Waals surface area contributed by atoms with E-state index in [2.05, 4.69) is 15.3 Å². The van der Waals surface area contributed by atoms with Gasteiger partial charge in [-0.05, 0) is 42.5 Å². The second-order valence-corrected chi connectivity index (χ2v) is 6.04. The molecular formula is C18H12ClN5O3. The van der Waals surface area contributed by atoms with Crippen molar-refractivity contribution in [3.05, 3.63) is 69.2 Å². The van der Waals surface area contributed by atoms with Gasteiger partial charge >= 0.3 is 6.03 Å². The number of nitrogens with one attached hydrogen (secondary N) is 2. The Kier molecular flexibility index (Phi) is 4.88. The van der Waals surface area contributed by atoms with E-state index in [0.29, 0.717) is 16.1 Å². The molecule has 0 aliphatic rings. The molecule has 0 fully saturated rings. The second-order valence-electron chi connectivity index (χ2n) is 5.61. The highest BCUT2D eigenvalue weighted by atomic mass is 35.5. The fraction of sp³-hybridized carbons (Fsp3) is 0.0556. The van der Waals surface area contributed by atoms with Gasteiger partial charge in [0.1, 0.15) is 5.82 Å². The first kappa shape index (κ1) is 18.1. The Morgan fingerprint density at radius 3 is 2.56 bits per heavy atom. The van der Waals surface area contributed by atoms with Crippen molar-refractivity contribution >= 4 is 40.0 Å². The van der Waals surface area contributed by atoms with Gasteiger partial charge < -0.3 is 16.0 Å². The van der Waals surface area contributed by atoms with Crippen molar-refractivity contribution in [2.24, 2.45) is 5.73 Å². The molecule has 3 aromatic rings. The van der Waals surface area contributed by atoms with E-state index < -0.39 is 23.3 Å². The third kappa shape index (κ3) is 3.78. The lowest BCUT2D eigenvalue weighted by Crippen LogP contribution is -2.20. The summed E-state index contributed by atoms with van der Waals surface area (Å²) >= 11 is 5.92. The minimum atomic E-state index is -1.31. The molecule has 0 saturated heterocycles. The zero-order chi connectivity index (χ0) is 19.6. The maximum atomic E-state index is 12.7. The van der Waals surface area contributed by atoms with Crippen LogP contribution in [0.5, 0.6) is 0 Å². The molecular weight excluding hydrogens is 370 g/mol. The van der Waals surface area contributed by atoms with E-state index in [-0.39, 0.29) is 16.9 Å². The monoisotopic (exact) mass is 381 g/mol. The number of carbonyl (C=O) groups excluding carboxylic acids is 2. The largest absolute Gasteiger partial charge is 0.351 e. The van der Waals surface area contributed by atoms with Crippen LogP contribution in [0.2, 0.25) is 5.02 Å². The maximum absolute atomic E-state index is 12.7. The van der Waals surface area contributed by atoms with Crippen LogP contribution in [-0.4, -0.2) is 21.8 Å². The number of fused-ring (bicyclic) bond motifs is 1. The average Bonchev–Trinajstić information content (AvgIpc) is 2.62. The zero-order valence-electron chi connectivity index (χ0n) is 13.7. The van der Waals surface area contributed by atoms with Gasteiger partial charge in [0.15, 0.2) is 11.7 Å². The normalized spacial score (nSPS) is 11.6. The van der Waals surface area contributed by atoms with Gasteiger partial charge in [0.05, 0.1) is 17.0 Å². The molecule has 8 nitrogen and oxygen atoms in total. The van der Waals surface area contributed by atoms with Gasteiger partial charge in [-0.15, -0.1) is 0 Å². The van der Waals surface area contributed by atoms with Crippen LogP contribution in [0.1, 0.15) is 22.1 Å². The van der Waals surface area contributed by atoms with Gasteiger partial charge in [-0.25, -0.2) is 9.78 Å². The van der Waals surface area contributed by atoms with Gasteiger partial charge in [-0.2, -0.15) is 5.26 Å². The number of benzene rings is 2. The summed E-state index contributed by atoms with van der Waals surface area (Å²) in [5, 5.41) is 12.5. The van der Waals surface area contributed by atoms with Crippen molar-refractivity contribution in [3.8, 4) is 6.07 Å². The predicted octanol–water partition coefficient (Wildman–Crippen LogP) is 2.56. The lowest BCUT2D eigenvalue weighted by atomic mass is 9.97. The molecule has 9 heteroatoms. The van der Waals surface area contributed by atoms with Crippen molar-refractivity contribution in [2.75, 3.05) is 5.32 Å². The maximum Gasteiger partial charge on any atom is 0.316 e. The molecule has 1 atom stereocenters. The van der Waals surface area contributed by atoms with E-state index in [1.165, 1.54) is 36.4 Å². The Labute approximate surface area is 157 Å². The number of anilines is 1. The van der Waals surface area contributed by atoms with Crippen molar-refractivity contribution in [1.82, 2.24) is 9.97 Å². The summed E-state index contributed by atoms with van der Waals surface area (Å²) in [6, 6.07) is 11.5. The number of ketones is 1. The fourth-order valence-electron chi connectivity index (χ4n) is 2.54. The molecule has 134 valence electrons. The number of hydrogen-bond acceptors (Lipinski definition) is 5. The molecule has 2 amide bonds. The molecule has 0 radical (unpaired) electrons. The van der Waals surface area contributed by atoms with Crippen LogP contribution in [0.15, 0.2) is 47.3 Å². The number of Topliss-reactive ketones (excluding diaryl/α,β-unsaturated/α-hetero) is 1. The van der Waals surface area contributed by atoms with Crippen LogP contribution in [0.3, 0.4) is 0 Å². The molecule has 0 spiro atoms. The predicted molar refractivity (Wildman–Crippen MR) is 99.7 cm³/mol. The number of nitriles is 1. The van der Waals surface area contributed by atoms with Crippen molar-refractivity contribution in [3.63, 3.8) is 0 Å². The van der Waals surface area contributed by atoms with E-state index in [4.69, 9.17) is 17.3 Å². The van der Waals surface area contributed by atoms with Gasteiger partial charge in [0, 0.05) is 16.3 Å². The highest BCUT2D eigenvalue weighted by Crippen LogP contribution is 2.21. The molecule has 1 heterocycles. The van der Waals surface area contributed by atoms with Gasteiger partial charge in [-0.3, -0.25) is 9.59 Å².